The van der Waals surface area contributed by atoms with Gasteiger partial charge in [-0.15, -0.1) is 10.2 Å². The number of halogens is 1. The van der Waals surface area contributed by atoms with Gasteiger partial charge in [-0.1, -0.05) is 11.6 Å². The Balaban J connectivity index is 1.15. The van der Waals surface area contributed by atoms with E-state index in [0.29, 0.717) is 29.8 Å². The third kappa shape index (κ3) is 3.47. The Morgan fingerprint density at radius 3 is 2.55 bits per heavy atom. The fourth-order valence-corrected chi connectivity index (χ4v) is 6.46. The van der Waals surface area contributed by atoms with Crippen LogP contribution in [0.2, 0.25) is 5.02 Å². The fraction of sp³-hybridized carbons (Fsp3) is 0.462. The molecule has 11 nitrogen and oxygen atoms in total. The lowest BCUT2D eigenvalue weighted by atomic mass is 9.73. The number of hydrogen-bond donors (Lipinski definition) is 0. The Hall–Kier alpha value is -3.75. The van der Waals surface area contributed by atoms with Gasteiger partial charge in [-0.2, -0.15) is 5.26 Å². The molecule has 4 aliphatic rings. The van der Waals surface area contributed by atoms with Gasteiger partial charge in [-0.05, 0) is 42.7 Å². The molecular weight excluding hydrogens is 504 g/mol. The van der Waals surface area contributed by atoms with E-state index in [2.05, 4.69) is 45.5 Å². The quantitative estimate of drug-likeness (QED) is 0.499. The number of likely N-dealkylation sites (N-methyl/N-ethyl adjacent to an activating group) is 1. The zero-order chi connectivity index (χ0) is 26.2. The van der Waals surface area contributed by atoms with Gasteiger partial charge in [0, 0.05) is 63.5 Å². The number of nitriles is 1. The minimum atomic E-state index is -0.495. The summed E-state index contributed by atoms with van der Waals surface area (Å²) in [5.41, 5.74) is 2.11. The lowest BCUT2D eigenvalue weighted by Crippen LogP contribution is -2.73. The molecule has 2 saturated heterocycles. The largest absolute Gasteiger partial charge is 0.347 e. The van der Waals surface area contributed by atoms with Crippen LogP contribution in [-0.2, 0) is 17.9 Å². The summed E-state index contributed by atoms with van der Waals surface area (Å²) in [6.07, 6.45) is 3.31. The van der Waals surface area contributed by atoms with E-state index in [4.69, 9.17) is 16.9 Å². The van der Waals surface area contributed by atoms with Crippen molar-refractivity contribution in [1.82, 2.24) is 34.5 Å². The summed E-state index contributed by atoms with van der Waals surface area (Å²) in [7, 11) is 3.64. The van der Waals surface area contributed by atoms with Crippen molar-refractivity contribution in [3.63, 3.8) is 0 Å². The summed E-state index contributed by atoms with van der Waals surface area (Å²) >= 11 is 6.43. The first-order chi connectivity index (χ1) is 18.3. The highest BCUT2D eigenvalue weighted by molar-refractivity contribution is 6.30. The van der Waals surface area contributed by atoms with E-state index in [0.717, 1.165) is 62.0 Å². The second kappa shape index (κ2) is 8.12. The van der Waals surface area contributed by atoms with Crippen molar-refractivity contribution in [2.24, 2.45) is 5.41 Å². The number of rotatable bonds is 4. The minimum Gasteiger partial charge on any atom is -0.347 e. The van der Waals surface area contributed by atoms with Crippen LogP contribution >= 0.6 is 11.6 Å². The number of nitrogens with zero attached hydrogens (tertiary/aromatic N) is 10. The van der Waals surface area contributed by atoms with Crippen LogP contribution in [0.5, 0.6) is 0 Å². The smallest absolute Gasteiger partial charge is 0.242 e. The van der Waals surface area contributed by atoms with Gasteiger partial charge in [-0.3, -0.25) is 14.3 Å². The molecule has 0 N–H and O–H groups in total. The van der Waals surface area contributed by atoms with Crippen LogP contribution in [0, 0.1) is 16.7 Å². The van der Waals surface area contributed by atoms with Gasteiger partial charge in [0.25, 0.3) is 0 Å². The van der Waals surface area contributed by atoms with Crippen LogP contribution in [0.15, 0.2) is 30.5 Å². The average Bonchev–Trinajstić information content (AvgIpc) is 3.60. The molecule has 0 unspecified atom stereocenters. The summed E-state index contributed by atoms with van der Waals surface area (Å²) < 4.78 is 2.14. The molecule has 3 fully saturated rings. The zero-order valence-corrected chi connectivity index (χ0v) is 22.1. The summed E-state index contributed by atoms with van der Waals surface area (Å²) in [5, 5.41) is 19.1. The lowest BCUT2D eigenvalue weighted by Gasteiger charge is -2.60. The van der Waals surface area contributed by atoms with Gasteiger partial charge >= 0.3 is 0 Å². The molecule has 194 valence electrons. The normalized spacial score (nSPS) is 20.5. The summed E-state index contributed by atoms with van der Waals surface area (Å²) in [6.45, 7) is 4.56. The summed E-state index contributed by atoms with van der Waals surface area (Å²) in [4.78, 5) is 30.2. The Morgan fingerprint density at radius 1 is 1.08 bits per heavy atom. The number of benzene rings is 1. The van der Waals surface area contributed by atoms with Crippen molar-refractivity contribution in [2.75, 3.05) is 50.1 Å². The summed E-state index contributed by atoms with van der Waals surface area (Å²) in [6, 6.07) is 9.63. The maximum absolute atomic E-state index is 13.2. The zero-order valence-electron chi connectivity index (χ0n) is 21.3. The van der Waals surface area contributed by atoms with Crippen LogP contribution in [0.3, 0.4) is 0 Å². The summed E-state index contributed by atoms with van der Waals surface area (Å²) in [5.74, 6) is 2.40. The number of anilines is 2. The SMILES string of the molecule is CN(C)C(=O)C1(N2Cc3cc(Cl)ccc3-n3c(nnc3N3CC4(CN(c5nccc(C#N)n5)C4)C3)C2)CC1. The highest BCUT2D eigenvalue weighted by atomic mass is 35.5. The molecule has 12 heteroatoms. The van der Waals surface area contributed by atoms with Crippen LogP contribution in [0.25, 0.3) is 5.69 Å². The van der Waals surface area contributed by atoms with Crippen molar-refractivity contribution in [3.8, 4) is 11.8 Å². The van der Waals surface area contributed by atoms with E-state index in [9.17, 15) is 4.79 Å². The van der Waals surface area contributed by atoms with Crippen LogP contribution in [-0.4, -0.2) is 86.3 Å². The van der Waals surface area contributed by atoms with Crippen LogP contribution in [0.4, 0.5) is 11.9 Å². The number of amides is 1. The molecule has 5 heterocycles. The Morgan fingerprint density at radius 2 is 1.84 bits per heavy atom. The molecule has 1 aliphatic carbocycles. The average molecular weight is 531 g/mol. The standard InChI is InChI=1S/C26H27ClN10O/c1-33(2)22(38)26(6-7-26)36-11-17-9-18(27)3-4-20(17)37-21(12-36)31-32-24(37)35-15-25(16-35)13-34(14-25)23-29-8-5-19(10-28)30-23/h3-5,8-9H,6-7,11-16H2,1-2H3. The second-order valence-electron chi connectivity index (χ2n) is 11.2. The number of fused-ring (bicyclic) bond motifs is 3. The molecule has 1 aromatic carbocycles. The first kappa shape index (κ1) is 23.4. The first-order valence-corrected chi connectivity index (χ1v) is 13.1. The molecule has 2 aromatic heterocycles. The fourth-order valence-electron chi connectivity index (χ4n) is 6.27. The third-order valence-corrected chi connectivity index (χ3v) is 8.49. The topological polar surface area (TPSA) is 110 Å². The van der Waals surface area contributed by atoms with Crippen molar-refractivity contribution < 1.29 is 4.79 Å². The van der Waals surface area contributed by atoms with E-state index in [-0.39, 0.29) is 11.3 Å². The number of hydrogen-bond acceptors (Lipinski definition) is 9. The van der Waals surface area contributed by atoms with E-state index >= 15 is 0 Å². The highest BCUT2D eigenvalue weighted by Gasteiger charge is 2.57. The van der Waals surface area contributed by atoms with Gasteiger partial charge in [0.05, 0.1) is 12.2 Å². The molecule has 0 bridgehead atoms. The van der Waals surface area contributed by atoms with E-state index in [1.54, 1.807) is 17.2 Å². The predicted molar refractivity (Wildman–Crippen MR) is 140 cm³/mol. The Kier molecular flexibility index (Phi) is 5.00. The van der Waals surface area contributed by atoms with Gasteiger partial charge in [0.1, 0.15) is 17.3 Å². The monoisotopic (exact) mass is 530 g/mol. The molecule has 0 radical (unpaired) electrons. The second-order valence-corrected chi connectivity index (χ2v) is 11.6. The molecule has 0 atom stereocenters. The van der Waals surface area contributed by atoms with Crippen molar-refractivity contribution in [2.45, 2.75) is 31.5 Å². The van der Waals surface area contributed by atoms with E-state index in [1.807, 2.05) is 32.3 Å². The van der Waals surface area contributed by atoms with Gasteiger partial charge < -0.3 is 14.7 Å². The molecule has 1 saturated carbocycles. The molecular formula is C26H27ClN10O. The molecule has 3 aliphatic heterocycles. The van der Waals surface area contributed by atoms with E-state index in [1.165, 1.54) is 0 Å². The number of carbonyl (C=O) groups is 1. The van der Waals surface area contributed by atoms with Gasteiger partial charge in [0.2, 0.25) is 17.8 Å². The molecule has 1 amide bonds. The minimum absolute atomic E-state index is 0.137. The Labute approximate surface area is 225 Å². The molecule has 38 heavy (non-hydrogen) atoms. The third-order valence-electron chi connectivity index (χ3n) is 8.25. The van der Waals surface area contributed by atoms with Crippen molar-refractivity contribution in [3.05, 3.63) is 52.6 Å². The lowest BCUT2D eigenvalue weighted by molar-refractivity contribution is -0.136. The first-order valence-electron chi connectivity index (χ1n) is 12.7. The van der Waals surface area contributed by atoms with E-state index < -0.39 is 5.54 Å². The molecule has 1 spiro atoms. The van der Waals surface area contributed by atoms with Crippen LogP contribution in [0.1, 0.15) is 29.9 Å². The van der Waals surface area contributed by atoms with Crippen LogP contribution < -0.4 is 9.80 Å². The van der Waals surface area contributed by atoms with Crippen molar-refractivity contribution >= 4 is 29.4 Å². The Bertz CT molecular complexity index is 1490. The molecule has 7 rings (SSSR count). The maximum atomic E-state index is 13.2. The van der Waals surface area contributed by atoms with Gasteiger partial charge in [-0.25, -0.2) is 9.97 Å². The molecule has 3 aromatic rings. The highest BCUT2D eigenvalue weighted by Crippen LogP contribution is 2.47. The van der Waals surface area contributed by atoms with Gasteiger partial charge in [0.15, 0.2) is 5.82 Å². The van der Waals surface area contributed by atoms with Crippen molar-refractivity contribution in [1.29, 1.82) is 5.26 Å². The number of carbonyl (C=O) groups excluding carboxylic acids is 1. The number of aromatic nitrogens is 5. The maximum Gasteiger partial charge on any atom is 0.242 e. The predicted octanol–water partition coefficient (Wildman–Crippen LogP) is 1.85.